The van der Waals surface area contributed by atoms with Gasteiger partial charge in [0.1, 0.15) is 6.54 Å². The van der Waals surface area contributed by atoms with Crippen molar-refractivity contribution < 1.29 is 14.4 Å². The molecule has 1 aromatic heterocycles. The smallest absolute Gasteiger partial charge is 0.325 e. The van der Waals surface area contributed by atoms with Crippen LogP contribution in [0, 0.1) is 0 Å². The molecule has 1 aromatic rings. The fraction of sp³-hybridized carbons (Fsp3) is 0.467. The Morgan fingerprint density at radius 1 is 1.50 bits per heavy atom. The van der Waals surface area contributed by atoms with Crippen molar-refractivity contribution in [2.45, 2.75) is 32.2 Å². The summed E-state index contributed by atoms with van der Waals surface area (Å²) in [5, 5.41) is 5.27. The molecule has 0 bridgehead atoms. The van der Waals surface area contributed by atoms with Crippen molar-refractivity contribution in [3.8, 4) is 0 Å². The predicted molar refractivity (Wildman–Crippen MR) is 79.8 cm³/mol. The lowest BCUT2D eigenvalue weighted by Crippen LogP contribution is -2.42. The van der Waals surface area contributed by atoms with Crippen molar-refractivity contribution in [2.24, 2.45) is 0 Å². The van der Waals surface area contributed by atoms with E-state index in [2.05, 4.69) is 22.5 Å². The Balaban J connectivity index is 1.99. The second kappa shape index (κ2) is 7.53. The predicted octanol–water partition coefficient (Wildman–Crippen LogP) is 0.981. The second-order valence-corrected chi connectivity index (χ2v) is 5.19. The number of carbonyl (C=O) groups excluding carboxylic acids is 3. The molecule has 1 fully saturated rings. The van der Waals surface area contributed by atoms with Gasteiger partial charge in [0.05, 0.1) is 12.6 Å². The van der Waals surface area contributed by atoms with Crippen LogP contribution < -0.4 is 10.6 Å². The molecule has 0 aromatic carbocycles. The van der Waals surface area contributed by atoms with Gasteiger partial charge in [-0.2, -0.15) is 0 Å². The number of imide groups is 1. The Bertz CT molecular complexity index is 531. The van der Waals surface area contributed by atoms with Crippen LogP contribution in [0.3, 0.4) is 0 Å². The van der Waals surface area contributed by atoms with Crippen molar-refractivity contribution in [3.63, 3.8) is 0 Å². The number of urea groups is 1. The third-order valence-electron chi connectivity index (χ3n) is 3.51. The van der Waals surface area contributed by atoms with Gasteiger partial charge < -0.3 is 10.6 Å². The van der Waals surface area contributed by atoms with Gasteiger partial charge in [0.15, 0.2) is 0 Å². The molecule has 2 rings (SSSR count). The van der Waals surface area contributed by atoms with E-state index in [1.807, 2.05) is 12.1 Å². The molecule has 4 amide bonds. The van der Waals surface area contributed by atoms with E-state index in [4.69, 9.17) is 0 Å². The quantitative estimate of drug-likeness (QED) is 0.735. The molecular formula is C15H20N4O3. The molecule has 22 heavy (non-hydrogen) atoms. The first-order chi connectivity index (χ1) is 10.6. The van der Waals surface area contributed by atoms with Gasteiger partial charge >= 0.3 is 6.03 Å². The van der Waals surface area contributed by atoms with Gasteiger partial charge in [0.2, 0.25) is 5.91 Å². The van der Waals surface area contributed by atoms with Gasteiger partial charge in [-0.1, -0.05) is 25.8 Å². The molecular weight excluding hydrogens is 284 g/mol. The van der Waals surface area contributed by atoms with E-state index in [-0.39, 0.29) is 30.9 Å². The standard InChI is InChI=1S/C15H20N4O3/c1-2-3-6-12(11-5-4-7-16-8-11)18-13(20)10-19-14(21)9-17-15(19)22/h4-5,7-8,12H,2-3,6,9-10H2,1H3,(H,17,22)(H,18,20). The summed E-state index contributed by atoms with van der Waals surface area (Å²) in [6, 6.07) is 3.03. The molecule has 0 aliphatic carbocycles. The number of hydrogen-bond donors (Lipinski definition) is 2. The molecule has 7 nitrogen and oxygen atoms in total. The number of aromatic nitrogens is 1. The first kappa shape index (κ1) is 15.9. The summed E-state index contributed by atoms with van der Waals surface area (Å²) in [5.74, 6) is -0.734. The fourth-order valence-electron chi connectivity index (χ4n) is 2.31. The summed E-state index contributed by atoms with van der Waals surface area (Å²) in [7, 11) is 0. The van der Waals surface area contributed by atoms with E-state index in [0.29, 0.717) is 0 Å². The van der Waals surface area contributed by atoms with Crippen molar-refractivity contribution in [1.82, 2.24) is 20.5 Å². The largest absolute Gasteiger partial charge is 0.348 e. The minimum Gasteiger partial charge on any atom is -0.348 e. The van der Waals surface area contributed by atoms with Crippen molar-refractivity contribution >= 4 is 17.8 Å². The highest BCUT2D eigenvalue weighted by Gasteiger charge is 2.30. The van der Waals surface area contributed by atoms with Crippen LogP contribution in [-0.2, 0) is 9.59 Å². The van der Waals surface area contributed by atoms with Gasteiger partial charge in [0.25, 0.3) is 5.91 Å². The van der Waals surface area contributed by atoms with Crippen molar-refractivity contribution in [1.29, 1.82) is 0 Å². The molecule has 0 spiro atoms. The lowest BCUT2D eigenvalue weighted by molar-refractivity contribution is -0.131. The Morgan fingerprint density at radius 2 is 2.32 bits per heavy atom. The van der Waals surface area contributed by atoms with Crippen LogP contribution in [0.15, 0.2) is 24.5 Å². The van der Waals surface area contributed by atoms with E-state index < -0.39 is 6.03 Å². The zero-order chi connectivity index (χ0) is 15.9. The molecule has 1 atom stereocenters. The monoisotopic (exact) mass is 304 g/mol. The first-order valence-electron chi connectivity index (χ1n) is 7.39. The first-order valence-corrected chi connectivity index (χ1v) is 7.39. The van der Waals surface area contributed by atoms with Crippen LogP contribution in [0.4, 0.5) is 4.79 Å². The minimum absolute atomic E-state index is 0.0476. The lowest BCUT2D eigenvalue weighted by Gasteiger charge is -2.20. The van der Waals surface area contributed by atoms with Gasteiger partial charge in [-0.3, -0.25) is 19.5 Å². The number of carbonyl (C=O) groups is 3. The zero-order valence-electron chi connectivity index (χ0n) is 12.5. The molecule has 2 heterocycles. The van der Waals surface area contributed by atoms with Crippen LogP contribution in [0.1, 0.15) is 37.8 Å². The van der Waals surface area contributed by atoms with E-state index >= 15 is 0 Å². The van der Waals surface area contributed by atoms with Crippen LogP contribution >= 0.6 is 0 Å². The Hall–Kier alpha value is -2.44. The molecule has 2 N–H and O–H groups in total. The summed E-state index contributed by atoms with van der Waals surface area (Å²) >= 11 is 0. The third kappa shape index (κ3) is 4.03. The lowest BCUT2D eigenvalue weighted by atomic mass is 10.0. The van der Waals surface area contributed by atoms with Gasteiger partial charge in [0, 0.05) is 12.4 Å². The number of hydrogen-bond acceptors (Lipinski definition) is 4. The molecule has 1 unspecified atom stereocenters. The normalized spacial score (nSPS) is 15.6. The number of pyridine rings is 1. The van der Waals surface area contributed by atoms with Crippen molar-refractivity contribution in [2.75, 3.05) is 13.1 Å². The van der Waals surface area contributed by atoms with E-state index in [1.165, 1.54) is 0 Å². The summed E-state index contributed by atoms with van der Waals surface area (Å²) in [4.78, 5) is 40.1. The average Bonchev–Trinajstić information content (AvgIpc) is 2.84. The van der Waals surface area contributed by atoms with Crippen LogP contribution in [0.5, 0.6) is 0 Å². The minimum atomic E-state index is -0.522. The molecule has 7 heteroatoms. The van der Waals surface area contributed by atoms with Crippen LogP contribution in [0.25, 0.3) is 0 Å². The number of amides is 4. The highest BCUT2D eigenvalue weighted by Crippen LogP contribution is 2.18. The highest BCUT2D eigenvalue weighted by atomic mass is 16.2. The SMILES string of the molecule is CCCCC(NC(=O)CN1C(=O)CNC1=O)c1cccnc1. The second-order valence-electron chi connectivity index (χ2n) is 5.19. The van der Waals surface area contributed by atoms with E-state index in [1.54, 1.807) is 12.4 Å². The average molecular weight is 304 g/mol. The highest BCUT2D eigenvalue weighted by molar-refractivity contribution is 6.04. The molecule has 0 radical (unpaired) electrons. The maximum atomic E-state index is 12.1. The number of nitrogens with zero attached hydrogens (tertiary/aromatic N) is 2. The molecule has 1 aliphatic heterocycles. The third-order valence-corrected chi connectivity index (χ3v) is 3.51. The maximum Gasteiger partial charge on any atom is 0.325 e. The van der Waals surface area contributed by atoms with Gasteiger partial charge in [-0.05, 0) is 18.1 Å². The van der Waals surface area contributed by atoms with Crippen LogP contribution in [-0.4, -0.2) is 40.8 Å². The van der Waals surface area contributed by atoms with Crippen molar-refractivity contribution in [3.05, 3.63) is 30.1 Å². The fourth-order valence-corrected chi connectivity index (χ4v) is 2.31. The zero-order valence-corrected chi connectivity index (χ0v) is 12.5. The summed E-state index contributed by atoms with van der Waals surface area (Å²) in [6.07, 6.45) is 6.15. The Morgan fingerprint density at radius 3 is 2.91 bits per heavy atom. The van der Waals surface area contributed by atoms with Gasteiger partial charge in [-0.15, -0.1) is 0 Å². The molecule has 118 valence electrons. The maximum absolute atomic E-state index is 12.1. The number of rotatable bonds is 7. The van der Waals surface area contributed by atoms with E-state index in [0.717, 1.165) is 29.7 Å². The number of nitrogens with one attached hydrogen (secondary N) is 2. The molecule has 1 aliphatic rings. The number of unbranched alkanes of at least 4 members (excludes halogenated alkanes) is 1. The van der Waals surface area contributed by atoms with E-state index in [9.17, 15) is 14.4 Å². The molecule has 1 saturated heterocycles. The summed E-state index contributed by atoms with van der Waals surface area (Å²) in [5.41, 5.74) is 0.918. The summed E-state index contributed by atoms with van der Waals surface area (Å²) in [6.45, 7) is 1.77. The van der Waals surface area contributed by atoms with Gasteiger partial charge in [-0.25, -0.2) is 4.79 Å². The summed E-state index contributed by atoms with van der Waals surface area (Å²) < 4.78 is 0. The van der Waals surface area contributed by atoms with Crippen LogP contribution in [0.2, 0.25) is 0 Å². The topological polar surface area (TPSA) is 91.4 Å². The Kier molecular flexibility index (Phi) is 5.46. The molecule has 0 saturated carbocycles. The Labute approximate surface area is 129 Å².